The molecule has 0 spiro atoms. The monoisotopic (exact) mass is 516 g/mol. The van der Waals surface area contributed by atoms with E-state index in [2.05, 4.69) is 29.0 Å². The van der Waals surface area contributed by atoms with Gasteiger partial charge in [-0.25, -0.2) is 13.1 Å². The highest BCUT2D eigenvalue weighted by Crippen LogP contribution is 2.27. The van der Waals surface area contributed by atoms with Crippen molar-refractivity contribution in [1.29, 1.82) is 0 Å². The Balaban J connectivity index is 1.25. The highest BCUT2D eigenvalue weighted by Gasteiger charge is 2.35. The molecule has 36 heavy (non-hydrogen) atoms. The molecule has 2 fully saturated rings. The number of likely N-dealkylation sites (tertiary alicyclic amines) is 1. The summed E-state index contributed by atoms with van der Waals surface area (Å²) in [5, 5.41) is 9.88. The SMILES string of the molecule is COc1ccc(S(=O)(=O)N[C@@H]2CC[C@@H](CC(=O)N3CCC(Cc4ccccc4)CC3)O[C@H]2CO)cc1. The molecule has 2 aromatic carbocycles. The van der Waals surface area contributed by atoms with Crippen LogP contribution in [0.3, 0.4) is 0 Å². The summed E-state index contributed by atoms with van der Waals surface area (Å²) in [6.45, 7) is 1.17. The standard InChI is InChI=1S/C27H36N2O6S/c1-34-22-7-10-24(11-8-22)36(32,33)28-25-12-9-23(35-26(25)19-30)18-27(31)29-15-13-21(14-16-29)17-20-5-3-2-4-6-20/h2-8,10-11,21,23,25-26,28,30H,9,12-19H2,1H3/t23-,25+,26-/m0/s1. The number of hydrogen-bond acceptors (Lipinski definition) is 6. The van der Waals surface area contributed by atoms with E-state index in [-0.39, 0.29) is 29.9 Å². The van der Waals surface area contributed by atoms with Crippen LogP contribution < -0.4 is 9.46 Å². The van der Waals surface area contributed by atoms with Gasteiger partial charge in [-0.1, -0.05) is 30.3 Å². The molecule has 2 heterocycles. The molecule has 2 aliphatic heterocycles. The van der Waals surface area contributed by atoms with Crippen LogP contribution >= 0.6 is 0 Å². The third-order valence-corrected chi connectivity index (χ3v) is 8.71. The molecular weight excluding hydrogens is 480 g/mol. The second-order valence-electron chi connectivity index (χ2n) is 9.68. The third-order valence-electron chi connectivity index (χ3n) is 7.21. The van der Waals surface area contributed by atoms with Gasteiger partial charge in [0.2, 0.25) is 15.9 Å². The van der Waals surface area contributed by atoms with E-state index in [0.29, 0.717) is 24.5 Å². The lowest BCUT2D eigenvalue weighted by Crippen LogP contribution is -2.51. The summed E-state index contributed by atoms with van der Waals surface area (Å²) in [6.07, 6.45) is 3.25. The Bertz CT molecular complexity index is 1090. The smallest absolute Gasteiger partial charge is 0.240 e. The van der Waals surface area contributed by atoms with Crippen molar-refractivity contribution < 1.29 is 27.8 Å². The van der Waals surface area contributed by atoms with Crippen LogP contribution in [0.15, 0.2) is 59.5 Å². The van der Waals surface area contributed by atoms with E-state index >= 15 is 0 Å². The van der Waals surface area contributed by atoms with E-state index in [1.54, 1.807) is 12.1 Å². The molecule has 0 aliphatic carbocycles. The second kappa shape index (κ2) is 12.2. The van der Waals surface area contributed by atoms with E-state index in [9.17, 15) is 18.3 Å². The minimum Gasteiger partial charge on any atom is -0.497 e. The molecule has 2 aliphatic rings. The number of aliphatic hydroxyl groups excluding tert-OH is 1. The number of sulfonamides is 1. The topological polar surface area (TPSA) is 105 Å². The number of hydrogen-bond donors (Lipinski definition) is 2. The van der Waals surface area contributed by atoms with Gasteiger partial charge in [0.1, 0.15) is 5.75 Å². The number of benzene rings is 2. The minimum atomic E-state index is -3.79. The molecular formula is C27H36N2O6S. The Hall–Kier alpha value is -2.46. The Morgan fingerprint density at radius 3 is 2.39 bits per heavy atom. The van der Waals surface area contributed by atoms with Crippen molar-refractivity contribution in [1.82, 2.24) is 9.62 Å². The van der Waals surface area contributed by atoms with Gasteiger partial charge in [-0.05, 0) is 67.9 Å². The molecule has 0 bridgehead atoms. The zero-order valence-electron chi connectivity index (χ0n) is 20.7. The number of amides is 1. The maximum Gasteiger partial charge on any atom is 0.240 e. The van der Waals surface area contributed by atoms with Crippen LogP contribution in [0.5, 0.6) is 5.75 Å². The largest absolute Gasteiger partial charge is 0.497 e. The van der Waals surface area contributed by atoms with Gasteiger partial charge in [-0.2, -0.15) is 0 Å². The first kappa shape index (κ1) is 26.6. The zero-order chi connectivity index (χ0) is 25.5. The van der Waals surface area contributed by atoms with Gasteiger partial charge in [0.25, 0.3) is 0 Å². The van der Waals surface area contributed by atoms with Crippen molar-refractivity contribution in [2.24, 2.45) is 5.92 Å². The highest BCUT2D eigenvalue weighted by atomic mass is 32.2. The van der Waals surface area contributed by atoms with Gasteiger partial charge in [-0.15, -0.1) is 0 Å². The van der Waals surface area contributed by atoms with Crippen molar-refractivity contribution in [2.45, 2.75) is 61.7 Å². The fourth-order valence-electron chi connectivity index (χ4n) is 5.10. The molecule has 0 radical (unpaired) electrons. The van der Waals surface area contributed by atoms with Crippen LogP contribution in [0.1, 0.15) is 37.7 Å². The van der Waals surface area contributed by atoms with Crippen molar-refractivity contribution >= 4 is 15.9 Å². The first-order valence-electron chi connectivity index (χ1n) is 12.6. The van der Waals surface area contributed by atoms with Gasteiger partial charge >= 0.3 is 0 Å². The van der Waals surface area contributed by atoms with Crippen LogP contribution in [0.4, 0.5) is 0 Å². The number of rotatable bonds is 9. The molecule has 4 rings (SSSR count). The number of piperidine rings is 1. The Morgan fingerprint density at radius 2 is 1.75 bits per heavy atom. The molecule has 1 amide bonds. The summed E-state index contributed by atoms with van der Waals surface area (Å²) in [4.78, 5) is 15.0. The molecule has 9 heteroatoms. The Labute approximate surface area is 213 Å². The molecule has 2 saturated heterocycles. The summed E-state index contributed by atoms with van der Waals surface area (Å²) in [6, 6.07) is 16.0. The van der Waals surface area contributed by atoms with Crippen LogP contribution in [-0.4, -0.2) is 69.4 Å². The fraction of sp³-hybridized carbons (Fsp3) is 0.519. The summed E-state index contributed by atoms with van der Waals surface area (Å²) in [5.74, 6) is 1.21. The number of carbonyl (C=O) groups excluding carboxylic acids is 1. The van der Waals surface area contributed by atoms with E-state index in [1.165, 1.54) is 24.8 Å². The van der Waals surface area contributed by atoms with E-state index in [4.69, 9.17) is 9.47 Å². The Kier molecular flexibility index (Phi) is 9.00. The fourth-order valence-corrected chi connectivity index (χ4v) is 6.40. The van der Waals surface area contributed by atoms with Gasteiger partial charge in [0.15, 0.2) is 0 Å². The molecule has 3 atom stereocenters. The summed E-state index contributed by atoms with van der Waals surface area (Å²) in [7, 11) is -2.27. The number of methoxy groups -OCH3 is 1. The first-order valence-corrected chi connectivity index (χ1v) is 14.1. The van der Waals surface area contributed by atoms with Gasteiger partial charge < -0.3 is 19.5 Å². The van der Waals surface area contributed by atoms with Crippen molar-refractivity contribution in [3.63, 3.8) is 0 Å². The van der Waals surface area contributed by atoms with Gasteiger partial charge in [0.05, 0.1) is 43.3 Å². The number of ether oxygens (including phenoxy) is 2. The maximum atomic E-state index is 12.9. The van der Waals surface area contributed by atoms with Crippen LogP contribution in [0.25, 0.3) is 0 Å². The molecule has 2 N–H and O–H groups in total. The van der Waals surface area contributed by atoms with E-state index < -0.39 is 22.2 Å². The Morgan fingerprint density at radius 1 is 1.06 bits per heavy atom. The van der Waals surface area contributed by atoms with E-state index in [0.717, 1.165) is 32.4 Å². The summed E-state index contributed by atoms with van der Waals surface area (Å²) >= 11 is 0. The molecule has 0 unspecified atom stereocenters. The highest BCUT2D eigenvalue weighted by molar-refractivity contribution is 7.89. The third kappa shape index (κ3) is 6.85. The predicted octanol–water partition coefficient (Wildman–Crippen LogP) is 2.75. The lowest BCUT2D eigenvalue weighted by molar-refractivity contribution is -0.141. The van der Waals surface area contributed by atoms with E-state index in [1.807, 2.05) is 11.0 Å². The average Bonchev–Trinajstić information content (AvgIpc) is 2.90. The molecule has 0 aromatic heterocycles. The molecule has 2 aromatic rings. The lowest BCUT2D eigenvalue weighted by Gasteiger charge is -2.37. The number of carbonyl (C=O) groups is 1. The summed E-state index contributed by atoms with van der Waals surface area (Å²) < 4.78 is 39.4. The number of aliphatic hydroxyl groups is 1. The number of nitrogens with one attached hydrogen (secondary N) is 1. The maximum absolute atomic E-state index is 12.9. The van der Waals surface area contributed by atoms with Crippen molar-refractivity contribution in [3.8, 4) is 5.75 Å². The van der Waals surface area contributed by atoms with Crippen LogP contribution in [0, 0.1) is 5.92 Å². The molecule has 0 saturated carbocycles. The first-order chi connectivity index (χ1) is 17.4. The average molecular weight is 517 g/mol. The van der Waals surface area contributed by atoms with Crippen molar-refractivity contribution in [2.75, 3.05) is 26.8 Å². The van der Waals surface area contributed by atoms with Crippen molar-refractivity contribution in [3.05, 3.63) is 60.2 Å². The lowest BCUT2D eigenvalue weighted by atomic mass is 9.90. The summed E-state index contributed by atoms with van der Waals surface area (Å²) in [5.41, 5.74) is 1.34. The minimum absolute atomic E-state index is 0.0621. The predicted molar refractivity (Wildman–Crippen MR) is 136 cm³/mol. The molecule has 8 nitrogen and oxygen atoms in total. The normalized spacial score (nSPS) is 23.4. The van der Waals surface area contributed by atoms with Gasteiger partial charge in [0, 0.05) is 13.1 Å². The van der Waals surface area contributed by atoms with Crippen LogP contribution in [0.2, 0.25) is 0 Å². The second-order valence-corrected chi connectivity index (χ2v) is 11.4. The van der Waals surface area contributed by atoms with Gasteiger partial charge in [-0.3, -0.25) is 4.79 Å². The quantitative estimate of drug-likeness (QED) is 0.531. The van der Waals surface area contributed by atoms with Crippen LogP contribution in [-0.2, 0) is 26.0 Å². The zero-order valence-corrected chi connectivity index (χ0v) is 21.5. The number of nitrogens with zero attached hydrogens (tertiary/aromatic N) is 1. The molecule has 196 valence electrons.